The number of anilines is 2. The van der Waals surface area contributed by atoms with Crippen LogP contribution in [0, 0.1) is 5.82 Å². The zero-order valence-corrected chi connectivity index (χ0v) is 16.9. The Bertz CT molecular complexity index is 1180. The van der Waals surface area contributed by atoms with Gasteiger partial charge in [0, 0.05) is 19.3 Å². The number of fused-ring (bicyclic) bond motifs is 1. The third-order valence-corrected chi connectivity index (χ3v) is 5.03. The summed E-state index contributed by atoms with van der Waals surface area (Å²) in [4.78, 5) is 4.74. The second-order valence-corrected chi connectivity index (χ2v) is 7.07. The topological polar surface area (TPSA) is 91.6 Å². The molecule has 0 saturated carbocycles. The van der Waals surface area contributed by atoms with Gasteiger partial charge in [0.05, 0.1) is 17.6 Å². The molecule has 0 aliphatic carbocycles. The van der Waals surface area contributed by atoms with Crippen molar-refractivity contribution < 1.29 is 19.4 Å². The fourth-order valence-electron chi connectivity index (χ4n) is 3.43. The molecule has 160 valence electrons. The standard InChI is InChI=1S/C23H23FN4O3/c1-31-12-11-28-21-10-7-17(16-3-2-4-18(24)13-16)14-20(21)26-23(28)25-19-8-5-15(6-9-19)22(29)27-30/h2-10,13-14,22,27,29-30H,11-12H2,1H3,(H,25,26). The van der Waals surface area contributed by atoms with Gasteiger partial charge in [0.2, 0.25) is 5.95 Å². The van der Waals surface area contributed by atoms with Crippen molar-refractivity contribution in [3.63, 3.8) is 0 Å². The molecule has 0 amide bonds. The molecular formula is C23H23FN4O3. The van der Waals surface area contributed by atoms with Crippen molar-refractivity contribution in [1.82, 2.24) is 15.0 Å². The number of hydroxylamine groups is 1. The van der Waals surface area contributed by atoms with E-state index in [0.29, 0.717) is 24.7 Å². The summed E-state index contributed by atoms with van der Waals surface area (Å²) in [5.41, 5.74) is 6.47. The summed E-state index contributed by atoms with van der Waals surface area (Å²) in [5, 5.41) is 21.8. The average molecular weight is 422 g/mol. The van der Waals surface area contributed by atoms with E-state index in [2.05, 4.69) is 5.32 Å². The molecule has 31 heavy (non-hydrogen) atoms. The number of aliphatic hydroxyl groups excluding tert-OH is 1. The molecule has 0 radical (unpaired) electrons. The summed E-state index contributed by atoms with van der Waals surface area (Å²) in [6.45, 7) is 1.11. The van der Waals surface area contributed by atoms with Crippen LogP contribution in [0.1, 0.15) is 11.8 Å². The predicted molar refractivity (Wildman–Crippen MR) is 117 cm³/mol. The molecule has 0 aliphatic rings. The predicted octanol–water partition coefficient (Wildman–Crippen LogP) is 4.20. The third-order valence-electron chi connectivity index (χ3n) is 5.03. The molecule has 4 aromatic rings. The molecule has 7 nitrogen and oxygen atoms in total. The SMILES string of the molecule is COCCn1c(Nc2ccc(C(O)NO)cc2)nc2cc(-c3cccc(F)c3)ccc21. The van der Waals surface area contributed by atoms with E-state index >= 15 is 0 Å². The second kappa shape index (κ2) is 9.23. The van der Waals surface area contributed by atoms with Crippen LogP contribution in [-0.4, -0.2) is 33.6 Å². The number of hydrogen-bond donors (Lipinski definition) is 4. The molecular weight excluding hydrogens is 399 g/mol. The van der Waals surface area contributed by atoms with Crippen molar-refractivity contribution in [2.24, 2.45) is 0 Å². The fourth-order valence-corrected chi connectivity index (χ4v) is 3.43. The number of ether oxygens (including phenoxy) is 1. The number of benzene rings is 3. The van der Waals surface area contributed by atoms with Gasteiger partial charge in [-0.25, -0.2) is 9.37 Å². The van der Waals surface area contributed by atoms with Gasteiger partial charge in [0.25, 0.3) is 0 Å². The summed E-state index contributed by atoms with van der Waals surface area (Å²) in [6.07, 6.45) is -1.15. The molecule has 1 atom stereocenters. The van der Waals surface area contributed by atoms with Crippen LogP contribution >= 0.6 is 0 Å². The minimum absolute atomic E-state index is 0.282. The van der Waals surface area contributed by atoms with Gasteiger partial charge in [-0.2, -0.15) is 5.48 Å². The van der Waals surface area contributed by atoms with Crippen LogP contribution in [-0.2, 0) is 11.3 Å². The Labute approximate surface area is 178 Å². The molecule has 1 heterocycles. The lowest BCUT2D eigenvalue weighted by Crippen LogP contribution is -2.15. The number of aliphatic hydroxyl groups is 1. The Morgan fingerprint density at radius 2 is 1.84 bits per heavy atom. The van der Waals surface area contributed by atoms with Crippen molar-refractivity contribution in [1.29, 1.82) is 0 Å². The summed E-state index contributed by atoms with van der Waals surface area (Å²) in [6, 6.07) is 19.3. The quantitative estimate of drug-likeness (QED) is 0.251. The van der Waals surface area contributed by atoms with E-state index in [1.54, 1.807) is 42.9 Å². The first kappa shape index (κ1) is 21.0. The van der Waals surface area contributed by atoms with Gasteiger partial charge in [-0.15, -0.1) is 0 Å². The Kier molecular flexibility index (Phi) is 6.24. The lowest BCUT2D eigenvalue weighted by Gasteiger charge is -2.12. The maximum Gasteiger partial charge on any atom is 0.208 e. The highest BCUT2D eigenvalue weighted by molar-refractivity contribution is 5.85. The number of nitrogens with one attached hydrogen (secondary N) is 2. The molecule has 0 fully saturated rings. The normalized spacial score (nSPS) is 12.3. The van der Waals surface area contributed by atoms with E-state index < -0.39 is 6.23 Å². The van der Waals surface area contributed by atoms with Gasteiger partial charge in [-0.05, 0) is 53.1 Å². The monoisotopic (exact) mass is 422 g/mol. The molecule has 0 spiro atoms. The number of imidazole rings is 1. The molecule has 4 rings (SSSR count). The first-order chi connectivity index (χ1) is 15.1. The summed E-state index contributed by atoms with van der Waals surface area (Å²) < 4.78 is 20.9. The molecule has 3 aromatic carbocycles. The highest BCUT2D eigenvalue weighted by Crippen LogP contribution is 2.28. The average Bonchev–Trinajstić information content (AvgIpc) is 3.13. The number of nitrogens with zero attached hydrogens (tertiary/aromatic N) is 2. The van der Waals surface area contributed by atoms with Crippen LogP contribution in [0.5, 0.6) is 0 Å². The Morgan fingerprint density at radius 3 is 2.55 bits per heavy atom. The van der Waals surface area contributed by atoms with Gasteiger partial charge in [-0.3, -0.25) is 0 Å². The van der Waals surface area contributed by atoms with Gasteiger partial charge >= 0.3 is 0 Å². The van der Waals surface area contributed by atoms with Crippen LogP contribution in [0.4, 0.5) is 16.0 Å². The van der Waals surface area contributed by atoms with Crippen molar-refractivity contribution in [2.75, 3.05) is 19.0 Å². The molecule has 1 unspecified atom stereocenters. The molecule has 0 bridgehead atoms. The summed E-state index contributed by atoms with van der Waals surface area (Å²) in [7, 11) is 1.65. The maximum absolute atomic E-state index is 13.6. The summed E-state index contributed by atoms with van der Waals surface area (Å²) >= 11 is 0. The van der Waals surface area contributed by atoms with E-state index in [0.717, 1.165) is 27.8 Å². The van der Waals surface area contributed by atoms with Crippen LogP contribution in [0.25, 0.3) is 22.2 Å². The number of methoxy groups -OCH3 is 1. The minimum atomic E-state index is -1.15. The number of aromatic nitrogens is 2. The van der Waals surface area contributed by atoms with Crippen LogP contribution < -0.4 is 10.8 Å². The lowest BCUT2D eigenvalue weighted by molar-refractivity contribution is 0.000710. The van der Waals surface area contributed by atoms with Crippen LogP contribution in [0.2, 0.25) is 0 Å². The first-order valence-electron chi connectivity index (χ1n) is 9.79. The number of halogens is 1. The number of hydrogen-bond acceptors (Lipinski definition) is 6. The third kappa shape index (κ3) is 4.57. The van der Waals surface area contributed by atoms with Crippen molar-refractivity contribution in [2.45, 2.75) is 12.8 Å². The molecule has 4 N–H and O–H groups in total. The first-order valence-corrected chi connectivity index (χ1v) is 9.79. The second-order valence-electron chi connectivity index (χ2n) is 7.07. The van der Waals surface area contributed by atoms with E-state index in [1.165, 1.54) is 12.1 Å². The Balaban J connectivity index is 1.69. The van der Waals surface area contributed by atoms with Gasteiger partial charge in [-0.1, -0.05) is 30.3 Å². The Morgan fingerprint density at radius 1 is 1.06 bits per heavy atom. The maximum atomic E-state index is 13.6. The molecule has 8 heteroatoms. The highest BCUT2D eigenvalue weighted by Gasteiger charge is 2.13. The zero-order valence-electron chi connectivity index (χ0n) is 16.9. The molecule has 0 aliphatic heterocycles. The minimum Gasteiger partial charge on any atom is -0.383 e. The van der Waals surface area contributed by atoms with Crippen LogP contribution in [0.15, 0.2) is 66.7 Å². The summed E-state index contributed by atoms with van der Waals surface area (Å²) in [5.74, 6) is 0.354. The van der Waals surface area contributed by atoms with Crippen molar-refractivity contribution in [3.8, 4) is 11.1 Å². The van der Waals surface area contributed by atoms with Crippen molar-refractivity contribution in [3.05, 3.63) is 78.1 Å². The van der Waals surface area contributed by atoms with E-state index in [1.807, 2.05) is 28.8 Å². The highest BCUT2D eigenvalue weighted by atomic mass is 19.1. The Hall–Kier alpha value is -3.30. The van der Waals surface area contributed by atoms with Crippen molar-refractivity contribution >= 4 is 22.7 Å². The lowest BCUT2D eigenvalue weighted by atomic mass is 10.1. The van der Waals surface area contributed by atoms with E-state index in [9.17, 15) is 9.50 Å². The van der Waals surface area contributed by atoms with E-state index in [-0.39, 0.29) is 5.82 Å². The molecule has 1 aromatic heterocycles. The molecule has 0 saturated heterocycles. The van der Waals surface area contributed by atoms with E-state index in [4.69, 9.17) is 14.9 Å². The van der Waals surface area contributed by atoms with Gasteiger partial charge in [0.15, 0.2) is 6.23 Å². The smallest absolute Gasteiger partial charge is 0.208 e. The largest absolute Gasteiger partial charge is 0.383 e. The van der Waals surface area contributed by atoms with Gasteiger partial charge in [0.1, 0.15) is 5.82 Å². The zero-order chi connectivity index (χ0) is 21.8. The van der Waals surface area contributed by atoms with Crippen LogP contribution in [0.3, 0.4) is 0 Å². The fraction of sp³-hybridized carbons (Fsp3) is 0.174. The van der Waals surface area contributed by atoms with Gasteiger partial charge < -0.3 is 24.9 Å². The number of rotatable bonds is 8.